The molecule has 8 heteroatoms. The minimum Gasteiger partial charge on any atom is -0.493 e. The Morgan fingerprint density at radius 3 is 2.55 bits per heavy atom. The predicted molar refractivity (Wildman–Crippen MR) is 120 cm³/mol. The minimum absolute atomic E-state index is 0.174. The molecule has 1 atom stereocenters. The molecule has 2 rings (SSSR count). The van der Waals surface area contributed by atoms with Crippen LogP contribution in [0, 0.1) is 6.92 Å². The number of carbonyl (C=O) groups is 3. The summed E-state index contributed by atoms with van der Waals surface area (Å²) in [6.45, 7) is 3.77. The zero-order valence-electron chi connectivity index (χ0n) is 17.5. The van der Waals surface area contributed by atoms with E-state index in [2.05, 4.69) is 16.2 Å². The molecule has 0 bridgehead atoms. The Labute approximate surface area is 186 Å². The Morgan fingerprint density at radius 1 is 1.10 bits per heavy atom. The summed E-state index contributed by atoms with van der Waals surface area (Å²) in [6, 6.07) is 13.8. The maximum atomic E-state index is 12.0. The quantitative estimate of drug-likeness (QED) is 0.315. The van der Waals surface area contributed by atoms with Crippen molar-refractivity contribution in [3.63, 3.8) is 0 Å². The minimum atomic E-state index is -0.815. The lowest BCUT2D eigenvalue weighted by Gasteiger charge is -2.14. The van der Waals surface area contributed by atoms with Crippen molar-refractivity contribution in [2.75, 3.05) is 6.61 Å². The zero-order valence-corrected chi connectivity index (χ0v) is 18.2. The lowest BCUT2D eigenvalue weighted by atomic mass is 10.2. The third-order valence-corrected chi connectivity index (χ3v) is 4.48. The second kappa shape index (κ2) is 12.4. The SMILES string of the molecule is Cc1cc(Cl)ccc1OCCCC(=O)NNC(=O)C(C)NC(=O)/C=C/c1ccccc1. The largest absolute Gasteiger partial charge is 0.493 e. The molecule has 7 nitrogen and oxygen atoms in total. The number of halogens is 1. The van der Waals surface area contributed by atoms with Crippen LogP contribution < -0.4 is 20.9 Å². The molecule has 0 saturated carbocycles. The maximum Gasteiger partial charge on any atom is 0.260 e. The van der Waals surface area contributed by atoms with Gasteiger partial charge in [0, 0.05) is 17.5 Å². The van der Waals surface area contributed by atoms with Crippen molar-refractivity contribution in [2.24, 2.45) is 0 Å². The van der Waals surface area contributed by atoms with Crippen LogP contribution in [-0.2, 0) is 14.4 Å². The standard InChI is InChI=1S/C23H26ClN3O4/c1-16-15-19(24)11-12-20(16)31-14-6-9-22(29)26-27-23(30)17(2)25-21(28)13-10-18-7-4-3-5-8-18/h3-5,7-8,10-13,15,17H,6,9,14H2,1-2H3,(H,25,28)(H,26,29)(H,27,30)/b13-10+. The molecular weight excluding hydrogens is 418 g/mol. The van der Waals surface area contributed by atoms with Crippen LogP contribution >= 0.6 is 11.6 Å². The van der Waals surface area contributed by atoms with E-state index in [0.717, 1.165) is 11.1 Å². The van der Waals surface area contributed by atoms with Crippen LogP contribution in [-0.4, -0.2) is 30.4 Å². The summed E-state index contributed by atoms with van der Waals surface area (Å²) in [5, 5.41) is 3.17. The number of ether oxygens (including phenoxy) is 1. The van der Waals surface area contributed by atoms with Gasteiger partial charge < -0.3 is 10.1 Å². The Hall–Kier alpha value is -3.32. The van der Waals surface area contributed by atoms with Gasteiger partial charge in [0.2, 0.25) is 11.8 Å². The van der Waals surface area contributed by atoms with Crippen molar-refractivity contribution in [2.45, 2.75) is 32.7 Å². The summed E-state index contributed by atoms with van der Waals surface area (Å²) in [7, 11) is 0. The van der Waals surface area contributed by atoms with Crippen LogP contribution in [0.2, 0.25) is 5.02 Å². The van der Waals surface area contributed by atoms with Crippen molar-refractivity contribution in [3.05, 3.63) is 70.8 Å². The molecule has 0 aromatic heterocycles. The molecule has 0 aliphatic carbocycles. The van der Waals surface area contributed by atoms with Crippen LogP contribution in [0.15, 0.2) is 54.6 Å². The van der Waals surface area contributed by atoms with E-state index in [-0.39, 0.29) is 12.3 Å². The molecule has 0 spiro atoms. The van der Waals surface area contributed by atoms with E-state index < -0.39 is 17.9 Å². The number of nitrogens with one attached hydrogen (secondary N) is 3. The summed E-state index contributed by atoms with van der Waals surface area (Å²) >= 11 is 5.90. The number of amides is 3. The molecule has 2 aromatic rings. The average molecular weight is 444 g/mol. The first-order valence-corrected chi connectivity index (χ1v) is 10.2. The van der Waals surface area contributed by atoms with Crippen LogP contribution in [0.4, 0.5) is 0 Å². The highest BCUT2D eigenvalue weighted by Crippen LogP contribution is 2.21. The van der Waals surface area contributed by atoms with Gasteiger partial charge in [-0.1, -0.05) is 41.9 Å². The van der Waals surface area contributed by atoms with Crippen molar-refractivity contribution in [3.8, 4) is 5.75 Å². The van der Waals surface area contributed by atoms with Gasteiger partial charge in [-0.15, -0.1) is 0 Å². The lowest BCUT2D eigenvalue weighted by Crippen LogP contribution is -2.50. The Kier molecular flexibility index (Phi) is 9.58. The van der Waals surface area contributed by atoms with E-state index in [1.54, 1.807) is 24.3 Å². The molecule has 0 heterocycles. The van der Waals surface area contributed by atoms with Gasteiger partial charge in [0.15, 0.2) is 0 Å². The first-order chi connectivity index (χ1) is 14.8. The number of hydrogen-bond donors (Lipinski definition) is 3. The molecule has 0 aliphatic rings. The van der Waals surface area contributed by atoms with Crippen LogP contribution in [0.5, 0.6) is 5.75 Å². The summed E-state index contributed by atoms with van der Waals surface area (Å²) in [5.41, 5.74) is 6.42. The van der Waals surface area contributed by atoms with Crippen molar-refractivity contribution >= 4 is 35.4 Å². The van der Waals surface area contributed by atoms with E-state index in [1.807, 2.05) is 37.3 Å². The molecule has 31 heavy (non-hydrogen) atoms. The molecule has 2 aromatic carbocycles. The fraction of sp³-hybridized carbons (Fsp3) is 0.261. The van der Waals surface area contributed by atoms with Crippen LogP contribution in [0.1, 0.15) is 30.9 Å². The van der Waals surface area contributed by atoms with E-state index in [4.69, 9.17) is 16.3 Å². The Balaban J connectivity index is 1.63. The topological polar surface area (TPSA) is 96.5 Å². The van der Waals surface area contributed by atoms with Gasteiger partial charge in [-0.25, -0.2) is 0 Å². The molecule has 1 unspecified atom stereocenters. The predicted octanol–water partition coefficient (Wildman–Crippen LogP) is 3.17. The van der Waals surface area contributed by atoms with Gasteiger partial charge in [0.25, 0.3) is 5.91 Å². The number of hydrazine groups is 1. The second-order valence-corrected chi connectivity index (χ2v) is 7.31. The van der Waals surface area contributed by atoms with Gasteiger partial charge in [0.05, 0.1) is 6.61 Å². The number of benzene rings is 2. The number of carbonyl (C=O) groups excluding carboxylic acids is 3. The first-order valence-electron chi connectivity index (χ1n) is 9.86. The fourth-order valence-electron chi connectivity index (χ4n) is 2.55. The number of aryl methyl sites for hydroxylation is 1. The van der Waals surface area contributed by atoms with Crippen molar-refractivity contribution in [1.29, 1.82) is 0 Å². The lowest BCUT2D eigenvalue weighted by molar-refractivity contribution is -0.131. The van der Waals surface area contributed by atoms with E-state index in [9.17, 15) is 14.4 Å². The second-order valence-electron chi connectivity index (χ2n) is 6.87. The van der Waals surface area contributed by atoms with E-state index >= 15 is 0 Å². The molecule has 0 fully saturated rings. The zero-order chi connectivity index (χ0) is 22.6. The van der Waals surface area contributed by atoms with E-state index in [0.29, 0.717) is 23.8 Å². The third kappa shape index (κ3) is 8.92. The molecule has 3 amide bonds. The smallest absolute Gasteiger partial charge is 0.260 e. The van der Waals surface area contributed by atoms with Gasteiger partial charge in [0.1, 0.15) is 11.8 Å². The monoisotopic (exact) mass is 443 g/mol. The van der Waals surface area contributed by atoms with Gasteiger partial charge in [-0.3, -0.25) is 25.2 Å². The van der Waals surface area contributed by atoms with Gasteiger partial charge >= 0.3 is 0 Å². The third-order valence-electron chi connectivity index (χ3n) is 4.25. The highest BCUT2D eigenvalue weighted by Gasteiger charge is 2.15. The van der Waals surface area contributed by atoms with Gasteiger partial charge in [-0.2, -0.15) is 0 Å². The first kappa shape index (κ1) is 24.0. The molecule has 3 N–H and O–H groups in total. The normalized spacial score (nSPS) is 11.6. The number of rotatable bonds is 9. The Morgan fingerprint density at radius 2 is 1.84 bits per heavy atom. The fourth-order valence-corrected chi connectivity index (χ4v) is 2.78. The Bertz CT molecular complexity index is 932. The molecule has 164 valence electrons. The van der Waals surface area contributed by atoms with Crippen molar-refractivity contribution < 1.29 is 19.1 Å². The molecular formula is C23H26ClN3O4. The molecule has 0 saturated heterocycles. The maximum absolute atomic E-state index is 12.0. The van der Waals surface area contributed by atoms with Gasteiger partial charge in [-0.05, 0) is 55.7 Å². The summed E-state index contributed by atoms with van der Waals surface area (Å²) in [6.07, 6.45) is 3.64. The number of hydrogen-bond acceptors (Lipinski definition) is 4. The van der Waals surface area contributed by atoms with E-state index in [1.165, 1.54) is 13.0 Å². The molecule has 0 radical (unpaired) electrons. The summed E-state index contributed by atoms with van der Waals surface area (Å²) in [5.74, 6) is -0.577. The van der Waals surface area contributed by atoms with Crippen LogP contribution in [0.3, 0.4) is 0 Å². The molecule has 0 aliphatic heterocycles. The highest BCUT2D eigenvalue weighted by atomic mass is 35.5. The average Bonchev–Trinajstić information content (AvgIpc) is 2.75. The van der Waals surface area contributed by atoms with Crippen molar-refractivity contribution in [1.82, 2.24) is 16.2 Å². The summed E-state index contributed by atoms with van der Waals surface area (Å²) in [4.78, 5) is 35.8. The van der Waals surface area contributed by atoms with Crippen LogP contribution in [0.25, 0.3) is 6.08 Å². The highest BCUT2D eigenvalue weighted by molar-refractivity contribution is 6.30. The summed E-state index contributed by atoms with van der Waals surface area (Å²) < 4.78 is 5.62.